The minimum atomic E-state index is 0.653. The van der Waals surface area contributed by atoms with Crippen LogP contribution in [0.15, 0.2) is 12.4 Å². The zero-order chi connectivity index (χ0) is 11.1. The van der Waals surface area contributed by atoms with Gasteiger partial charge in [-0.05, 0) is 26.3 Å². The fourth-order valence-corrected chi connectivity index (χ4v) is 1.66. The van der Waals surface area contributed by atoms with Crippen LogP contribution in [0.2, 0.25) is 0 Å². The second kappa shape index (κ2) is 7.01. The van der Waals surface area contributed by atoms with Gasteiger partial charge in [-0.1, -0.05) is 22.9 Å². The van der Waals surface area contributed by atoms with Crippen LogP contribution in [0.25, 0.3) is 0 Å². The number of nitrogens with one attached hydrogen (secondary N) is 1. The summed E-state index contributed by atoms with van der Waals surface area (Å²) in [6, 6.07) is 0. The van der Waals surface area contributed by atoms with Crippen LogP contribution in [0.3, 0.4) is 0 Å². The molecule has 0 bridgehead atoms. The second-order valence-corrected chi connectivity index (χ2v) is 5.01. The highest BCUT2D eigenvalue weighted by atomic mass is 79.9. The van der Waals surface area contributed by atoms with Crippen LogP contribution >= 0.6 is 15.9 Å². The number of aryl methyl sites for hydroxylation is 1. The highest BCUT2D eigenvalue weighted by Crippen LogP contribution is 2.07. The molecule has 0 aromatic carbocycles. The topological polar surface area (TPSA) is 29.9 Å². The van der Waals surface area contributed by atoms with Crippen molar-refractivity contribution in [2.24, 2.45) is 0 Å². The first-order valence-electron chi connectivity index (χ1n) is 5.56. The van der Waals surface area contributed by atoms with Crippen molar-refractivity contribution in [2.45, 2.75) is 38.1 Å². The molecule has 0 saturated carbocycles. The van der Waals surface area contributed by atoms with E-state index in [1.54, 1.807) is 0 Å². The fraction of sp³-hybridized carbons (Fsp3) is 0.727. The first kappa shape index (κ1) is 12.7. The molecule has 0 radical (unpaired) electrons. The lowest BCUT2D eigenvalue weighted by atomic mass is 10.2. The SMILES string of the molecule is CCC(Br)CCNCCn1ccnc1C. The van der Waals surface area contributed by atoms with Gasteiger partial charge in [-0.3, -0.25) is 0 Å². The number of nitrogens with zero attached hydrogens (tertiary/aromatic N) is 2. The Morgan fingerprint density at radius 2 is 2.33 bits per heavy atom. The summed E-state index contributed by atoms with van der Waals surface area (Å²) in [5, 5.41) is 3.44. The quantitative estimate of drug-likeness (QED) is 0.611. The van der Waals surface area contributed by atoms with Crippen molar-refractivity contribution in [1.29, 1.82) is 0 Å². The van der Waals surface area contributed by atoms with Crippen molar-refractivity contribution in [1.82, 2.24) is 14.9 Å². The van der Waals surface area contributed by atoms with Crippen LogP contribution in [0, 0.1) is 6.92 Å². The van der Waals surface area contributed by atoms with E-state index in [4.69, 9.17) is 0 Å². The summed E-state index contributed by atoms with van der Waals surface area (Å²) in [7, 11) is 0. The Balaban J connectivity index is 2.05. The predicted octanol–water partition coefficient (Wildman–Crippen LogP) is 2.34. The molecule has 15 heavy (non-hydrogen) atoms. The molecule has 0 fully saturated rings. The van der Waals surface area contributed by atoms with Gasteiger partial charge in [-0.25, -0.2) is 4.98 Å². The molecule has 1 N–H and O–H groups in total. The summed E-state index contributed by atoms with van der Waals surface area (Å²) in [5.74, 6) is 1.09. The van der Waals surface area contributed by atoms with Gasteiger partial charge >= 0.3 is 0 Å². The molecule has 1 rings (SSSR count). The Labute approximate surface area is 100 Å². The maximum atomic E-state index is 4.18. The van der Waals surface area contributed by atoms with E-state index in [0.29, 0.717) is 4.83 Å². The summed E-state index contributed by atoms with van der Waals surface area (Å²) in [6.45, 7) is 7.34. The molecule has 1 aromatic heterocycles. The van der Waals surface area contributed by atoms with Gasteiger partial charge in [0, 0.05) is 30.3 Å². The van der Waals surface area contributed by atoms with Crippen LogP contribution in [-0.4, -0.2) is 27.5 Å². The van der Waals surface area contributed by atoms with Gasteiger partial charge in [-0.15, -0.1) is 0 Å². The lowest BCUT2D eigenvalue weighted by molar-refractivity contribution is 0.569. The summed E-state index contributed by atoms with van der Waals surface area (Å²) in [4.78, 5) is 4.84. The van der Waals surface area contributed by atoms with E-state index in [1.807, 2.05) is 19.3 Å². The molecule has 1 atom stereocenters. The van der Waals surface area contributed by atoms with E-state index in [2.05, 4.69) is 37.7 Å². The number of rotatable bonds is 7. The summed E-state index contributed by atoms with van der Waals surface area (Å²) >= 11 is 3.62. The average molecular weight is 274 g/mol. The molecule has 0 amide bonds. The highest BCUT2D eigenvalue weighted by Gasteiger charge is 1.99. The minimum absolute atomic E-state index is 0.653. The normalized spacial score (nSPS) is 13.0. The monoisotopic (exact) mass is 273 g/mol. The average Bonchev–Trinajstić information content (AvgIpc) is 2.63. The molecular weight excluding hydrogens is 254 g/mol. The van der Waals surface area contributed by atoms with Gasteiger partial charge in [0.1, 0.15) is 5.82 Å². The third-order valence-corrected chi connectivity index (χ3v) is 3.64. The van der Waals surface area contributed by atoms with E-state index in [1.165, 1.54) is 12.8 Å². The first-order chi connectivity index (χ1) is 7.24. The van der Waals surface area contributed by atoms with Crippen molar-refractivity contribution in [3.63, 3.8) is 0 Å². The van der Waals surface area contributed by atoms with Gasteiger partial charge in [0.2, 0.25) is 0 Å². The number of hydrogen-bond donors (Lipinski definition) is 1. The standard InChI is InChI=1S/C11H20BrN3/c1-3-11(12)4-5-13-6-8-15-9-7-14-10(15)2/h7,9,11,13H,3-6,8H2,1-2H3. The fourth-order valence-electron chi connectivity index (χ4n) is 1.43. The Bertz CT molecular complexity index is 273. The van der Waals surface area contributed by atoms with Crippen LogP contribution in [0.1, 0.15) is 25.6 Å². The van der Waals surface area contributed by atoms with Gasteiger partial charge in [-0.2, -0.15) is 0 Å². The van der Waals surface area contributed by atoms with Crippen molar-refractivity contribution in [3.05, 3.63) is 18.2 Å². The van der Waals surface area contributed by atoms with Gasteiger partial charge in [0.05, 0.1) is 0 Å². The van der Waals surface area contributed by atoms with E-state index in [-0.39, 0.29) is 0 Å². The molecule has 0 aliphatic heterocycles. The molecule has 4 heteroatoms. The molecule has 0 spiro atoms. The van der Waals surface area contributed by atoms with E-state index < -0.39 is 0 Å². The molecule has 86 valence electrons. The largest absolute Gasteiger partial charge is 0.334 e. The van der Waals surface area contributed by atoms with Crippen LogP contribution in [0.5, 0.6) is 0 Å². The highest BCUT2D eigenvalue weighted by molar-refractivity contribution is 9.09. The van der Waals surface area contributed by atoms with Crippen LogP contribution in [-0.2, 0) is 6.54 Å². The van der Waals surface area contributed by atoms with Crippen molar-refractivity contribution in [2.75, 3.05) is 13.1 Å². The van der Waals surface area contributed by atoms with E-state index >= 15 is 0 Å². The zero-order valence-electron chi connectivity index (χ0n) is 9.54. The van der Waals surface area contributed by atoms with Gasteiger partial charge < -0.3 is 9.88 Å². The Hall–Kier alpha value is -0.350. The van der Waals surface area contributed by atoms with E-state index in [9.17, 15) is 0 Å². The molecule has 0 aliphatic carbocycles. The number of hydrogen-bond acceptors (Lipinski definition) is 2. The number of aromatic nitrogens is 2. The molecule has 1 aromatic rings. The van der Waals surface area contributed by atoms with Crippen molar-refractivity contribution >= 4 is 15.9 Å². The third kappa shape index (κ3) is 4.80. The molecule has 0 aliphatic rings. The summed E-state index contributed by atoms with van der Waals surface area (Å²) in [6.07, 6.45) is 6.26. The van der Waals surface area contributed by atoms with Gasteiger partial charge in [0.25, 0.3) is 0 Å². The summed E-state index contributed by atoms with van der Waals surface area (Å²) in [5.41, 5.74) is 0. The number of imidazole rings is 1. The molecule has 1 heterocycles. The Kier molecular flexibility index (Phi) is 5.95. The van der Waals surface area contributed by atoms with Crippen LogP contribution in [0.4, 0.5) is 0 Å². The molecule has 0 saturated heterocycles. The van der Waals surface area contributed by atoms with Crippen molar-refractivity contribution in [3.8, 4) is 0 Å². The molecule has 3 nitrogen and oxygen atoms in total. The zero-order valence-corrected chi connectivity index (χ0v) is 11.1. The van der Waals surface area contributed by atoms with Crippen LogP contribution < -0.4 is 5.32 Å². The lowest BCUT2D eigenvalue weighted by Gasteiger charge is -2.09. The predicted molar refractivity (Wildman–Crippen MR) is 67.5 cm³/mol. The van der Waals surface area contributed by atoms with E-state index in [0.717, 1.165) is 25.5 Å². The van der Waals surface area contributed by atoms with Crippen molar-refractivity contribution < 1.29 is 0 Å². The second-order valence-electron chi connectivity index (χ2n) is 3.71. The first-order valence-corrected chi connectivity index (χ1v) is 6.48. The van der Waals surface area contributed by atoms with Gasteiger partial charge in [0.15, 0.2) is 0 Å². The maximum Gasteiger partial charge on any atom is 0.105 e. The summed E-state index contributed by atoms with van der Waals surface area (Å²) < 4.78 is 2.17. The smallest absolute Gasteiger partial charge is 0.105 e. The Morgan fingerprint density at radius 3 is 2.93 bits per heavy atom. The molecular formula is C11H20BrN3. The maximum absolute atomic E-state index is 4.18. The number of halogens is 1. The lowest BCUT2D eigenvalue weighted by Crippen LogP contribution is -2.23. The Morgan fingerprint density at radius 1 is 1.53 bits per heavy atom. The number of alkyl halides is 1. The molecule has 1 unspecified atom stereocenters. The minimum Gasteiger partial charge on any atom is -0.334 e. The third-order valence-electron chi connectivity index (χ3n) is 2.53.